The molecule has 3 aromatic heterocycles. The standard InChI is InChI=1S/C26H26N4O4S/c1-35(31,32)25-9-5-20(15-27-25)19-3-2-17-4-8-24(28-22(17)14-19)34-23-16-30(21-6-7-21)29-26(23)18-10-12-33-13-11-18/h2-5,8-9,14-16,18,21H,6-7,10-13H2,1H3. The molecule has 0 radical (unpaired) electrons. The van der Waals surface area contributed by atoms with Crippen LogP contribution in [0.5, 0.6) is 11.6 Å². The summed E-state index contributed by atoms with van der Waals surface area (Å²) in [6.07, 6.45) is 8.94. The first-order valence-electron chi connectivity index (χ1n) is 11.9. The van der Waals surface area contributed by atoms with E-state index in [4.69, 9.17) is 19.6 Å². The molecule has 1 saturated carbocycles. The predicted molar refractivity (Wildman–Crippen MR) is 131 cm³/mol. The van der Waals surface area contributed by atoms with Gasteiger partial charge in [0.15, 0.2) is 20.6 Å². The van der Waals surface area contributed by atoms with Gasteiger partial charge in [-0.15, -0.1) is 0 Å². The lowest BCUT2D eigenvalue weighted by Crippen LogP contribution is -2.15. The average Bonchev–Trinajstić information content (AvgIpc) is 3.64. The van der Waals surface area contributed by atoms with Crippen LogP contribution in [0.2, 0.25) is 0 Å². The third kappa shape index (κ3) is 4.66. The van der Waals surface area contributed by atoms with Gasteiger partial charge in [0.05, 0.1) is 17.8 Å². The summed E-state index contributed by atoms with van der Waals surface area (Å²) in [5.41, 5.74) is 3.50. The van der Waals surface area contributed by atoms with E-state index in [1.807, 2.05) is 41.2 Å². The summed E-state index contributed by atoms with van der Waals surface area (Å²) in [4.78, 5) is 8.87. The van der Waals surface area contributed by atoms with Crippen LogP contribution in [0.15, 0.2) is 59.9 Å². The first-order chi connectivity index (χ1) is 16.9. The summed E-state index contributed by atoms with van der Waals surface area (Å²) in [5, 5.41) is 5.94. The zero-order valence-corrected chi connectivity index (χ0v) is 20.2. The van der Waals surface area contributed by atoms with E-state index in [1.54, 1.807) is 12.3 Å². The molecule has 0 spiro atoms. The molecule has 4 heterocycles. The van der Waals surface area contributed by atoms with Crippen molar-refractivity contribution in [2.24, 2.45) is 0 Å². The van der Waals surface area contributed by atoms with Crippen molar-refractivity contribution in [3.63, 3.8) is 0 Å². The Kier molecular flexibility index (Phi) is 5.53. The monoisotopic (exact) mass is 490 g/mol. The fourth-order valence-corrected chi connectivity index (χ4v) is 5.02. The number of nitrogens with zero attached hydrogens (tertiary/aromatic N) is 4. The minimum atomic E-state index is -3.34. The molecule has 1 aliphatic carbocycles. The number of sulfone groups is 1. The van der Waals surface area contributed by atoms with Crippen molar-refractivity contribution in [1.82, 2.24) is 19.7 Å². The second kappa shape index (κ2) is 8.73. The quantitative estimate of drug-likeness (QED) is 0.379. The molecule has 2 fully saturated rings. The van der Waals surface area contributed by atoms with Gasteiger partial charge >= 0.3 is 0 Å². The van der Waals surface area contributed by atoms with E-state index < -0.39 is 9.84 Å². The van der Waals surface area contributed by atoms with Crippen molar-refractivity contribution in [1.29, 1.82) is 0 Å². The van der Waals surface area contributed by atoms with Gasteiger partial charge in [-0.05, 0) is 55.5 Å². The molecule has 6 rings (SSSR count). The highest BCUT2D eigenvalue weighted by Crippen LogP contribution is 2.40. The maximum absolute atomic E-state index is 11.7. The lowest BCUT2D eigenvalue weighted by Gasteiger charge is -2.21. The van der Waals surface area contributed by atoms with E-state index in [9.17, 15) is 8.42 Å². The number of pyridine rings is 2. The van der Waals surface area contributed by atoms with Crippen molar-refractivity contribution in [2.45, 2.75) is 42.7 Å². The number of ether oxygens (including phenoxy) is 2. The zero-order valence-electron chi connectivity index (χ0n) is 19.4. The minimum Gasteiger partial charge on any atom is -0.435 e. The van der Waals surface area contributed by atoms with Crippen LogP contribution in [-0.4, -0.2) is 47.6 Å². The van der Waals surface area contributed by atoms with Crippen LogP contribution in [0, 0.1) is 0 Å². The maximum Gasteiger partial charge on any atom is 0.219 e. The van der Waals surface area contributed by atoms with Crippen molar-refractivity contribution in [3.05, 3.63) is 60.6 Å². The van der Waals surface area contributed by atoms with Crippen LogP contribution in [0.3, 0.4) is 0 Å². The molecule has 1 saturated heterocycles. The van der Waals surface area contributed by atoms with Crippen LogP contribution in [0.25, 0.3) is 22.0 Å². The Hall–Kier alpha value is -3.30. The Labute approximate surface area is 203 Å². The summed E-state index contributed by atoms with van der Waals surface area (Å²) in [6, 6.07) is 13.6. The summed E-state index contributed by atoms with van der Waals surface area (Å²) in [5.74, 6) is 1.62. The van der Waals surface area contributed by atoms with Gasteiger partial charge in [0.2, 0.25) is 5.88 Å². The molecule has 0 atom stereocenters. The molecule has 1 aromatic carbocycles. The van der Waals surface area contributed by atoms with Crippen molar-refractivity contribution < 1.29 is 17.9 Å². The molecule has 1 aliphatic heterocycles. The molecule has 35 heavy (non-hydrogen) atoms. The van der Waals surface area contributed by atoms with Crippen molar-refractivity contribution in [2.75, 3.05) is 19.5 Å². The first kappa shape index (κ1) is 22.2. The number of rotatable bonds is 6. The molecule has 0 unspecified atom stereocenters. The Morgan fingerprint density at radius 1 is 1.00 bits per heavy atom. The number of fused-ring (bicyclic) bond motifs is 1. The van der Waals surface area contributed by atoms with Gasteiger partial charge in [0, 0.05) is 48.6 Å². The summed E-state index contributed by atoms with van der Waals surface area (Å²) >= 11 is 0. The second-order valence-corrected chi connectivity index (χ2v) is 11.3. The molecular formula is C26H26N4O4S. The van der Waals surface area contributed by atoms with Crippen LogP contribution >= 0.6 is 0 Å². The molecule has 4 aromatic rings. The summed E-state index contributed by atoms with van der Waals surface area (Å²) in [6.45, 7) is 1.49. The van der Waals surface area contributed by atoms with E-state index in [0.29, 0.717) is 17.8 Å². The van der Waals surface area contributed by atoms with E-state index in [-0.39, 0.29) is 5.03 Å². The van der Waals surface area contributed by atoms with Gasteiger partial charge < -0.3 is 9.47 Å². The normalized spacial score (nSPS) is 17.1. The molecule has 0 bridgehead atoms. The smallest absolute Gasteiger partial charge is 0.219 e. The fourth-order valence-electron chi connectivity index (χ4n) is 4.47. The zero-order chi connectivity index (χ0) is 24.0. The van der Waals surface area contributed by atoms with Crippen molar-refractivity contribution in [3.8, 4) is 22.8 Å². The van der Waals surface area contributed by atoms with Crippen LogP contribution in [0.1, 0.15) is 43.3 Å². The Morgan fingerprint density at radius 2 is 1.77 bits per heavy atom. The van der Waals surface area contributed by atoms with E-state index in [1.165, 1.54) is 6.07 Å². The van der Waals surface area contributed by atoms with Crippen LogP contribution in [-0.2, 0) is 14.6 Å². The lowest BCUT2D eigenvalue weighted by molar-refractivity contribution is 0.0839. The molecule has 0 N–H and O–H groups in total. The molecule has 9 heteroatoms. The van der Waals surface area contributed by atoms with E-state index >= 15 is 0 Å². The van der Waals surface area contributed by atoms with E-state index in [0.717, 1.165) is 78.6 Å². The average molecular weight is 491 g/mol. The van der Waals surface area contributed by atoms with Gasteiger partial charge in [0.1, 0.15) is 5.69 Å². The second-order valence-electron chi connectivity index (χ2n) is 9.29. The lowest BCUT2D eigenvalue weighted by atomic mass is 9.96. The minimum absolute atomic E-state index is 0.0583. The molecular weight excluding hydrogens is 464 g/mol. The van der Waals surface area contributed by atoms with Gasteiger partial charge in [-0.1, -0.05) is 12.1 Å². The highest BCUT2D eigenvalue weighted by Gasteiger charge is 2.30. The maximum atomic E-state index is 11.7. The SMILES string of the molecule is CS(=O)(=O)c1ccc(-c2ccc3ccc(Oc4cn(C5CC5)nc4C4CCOCC4)nc3c2)cn1. The third-order valence-electron chi connectivity index (χ3n) is 6.58. The molecule has 8 nitrogen and oxygen atoms in total. The molecule has 180 valence electrons. The highest BCUT2D eigenvalue weighted by atomic mass is 32.2. The van der Waals surface area contributed by atoms with E-state index in [2.05, 4.69) is 4.98 Å². The van der Waals surface area contributed by atoms with Crippen molar-refractivity contribution >= 4 is 20.7 Å². The number of aromatic nitrogens is 4. The number of benzene rings is 1. The molecule has 0 amide bonds. The fraction of sp³-hybridized carbons (Fsp3) is 0.346. The number of hydrogen-bond acceptors (Lipinski definition) is 7. The highest BCUT2D eigenvalue weighted by molar-refractivity contribution is 7.90. The van der Waals surface area contributed by atoms with Crippen LogP contribution in [0.4, 0.5) is 0 Å². The summed E-state index contributed by atoms with van der Waals surface area (Å²) < 4.78 is 37.3. The first-order valence-corrected chi connectivity index (χ1v) is 13.8. The van der Waals surface area contributed by atoms with Gasteiger partial charge in [-0.25, -0.2) is 18.4 Å². The predicted octanol–water partition coefficient (Wildman–Crippen LogP) is 4.92. The van der Waals surface area contributed by atoms with Gasteiger partial charge in [-0.2, -0.15) is 5.10 Å². The Bertz CT molecular complexity index is 1490. The number of hydrogen-bond donors (Lipinski definition) is 0. The summed E-state index contributed by atoms with van der Waals surface area (Å²) in [7, 11) is -3.34. The topological polar surface area (TPSA) is 96.2 Å². The largest absolute Gasteiger partial charge is 0.435 e. The Morgan fingerprint density at radius 3 is 2.49 bits per heavy atom. The molecule has 2 aliphatic rings. The third-order valence-corrected chi connectivity index (χ3v) is 7.59. The van der Waals surface area contributed by atoms with Crippen LogP contribution < -0.4 is 4.74 Å². The van der Waals surface area contributed by atoms with Gasteiger partial charge in [-0.3, -0.25) is 4.68 Å². The Balaban J connectivity index is 1.31. The van der Waals surface area contributed by atoms with Gasteiger partial charge in [0.25, 0.3) is 0 Å².